The Labute approximate surface area is 63.0 Å². The number of rotatable bonds is 0. The largest absolute Gasteiger partial charge is 0.337 e. The van der Waals surface area contributed by atoms with Crippen LogP contribution in [-0.4, -0.2) is 16.9 Å². The quantitative estimate of drug-likeness (QED) is 0.495. The van der Waals surface area contributed by atoms with Gasteiger partial charge in [0.2, 0.25) is 0 Å². The Balaban J connectivity index is 3.91. The molecule has 1 heterocycles. The van der Waals surface area contributed by atoms with Crippen LogP contribution in [0.3, 0.4) is 0 Å². The molecule has 0 aliphatic heterocycles. The van der Waals surface area contributed by atoms with Crippen LogP contribution in [0.25, 0.3) is 0 Å². The highest BCUT2D eigenvalue weighted by Gasteiger charge is 1.99. The molecule has 0 saturated carbocycles. The third-order valence-electron chi connectivity index (χ3n) is 1.77. The summed E-state index contributed by atoms with van der Waals surface area (Å²) in [6, 6.07) is 0. The summed E-state index contributed by atoms with van der Waals surface area (Å²) in [5.41, 5.74) is 1.52. The molecule has 0 aromatic carbocycles. The van der Waals surface area contributed by atoms with Gasteiger partial charge in [0, 0.05) is 0 Å². The van der Waals surface area contributed by atoms with E-state index >= 15 is 0 Å². The highest BCUT2D eigenvalue weighted by molar-refractivity contribution is 5.53. The molecule has 1 rings (SSSR count). The van der Waals surface area contributed by atoms with Crippen molar-refractivity contribution in [1.29, 1.82) is 0 Å². The molecule has 0 saturated heterocycles. The zero-order valence-corrected chi connectivity index (χ0v) is 6.32. The number of aromatic amines is 1. The first kappa shape index (κ1) is 7.55. The number of nitrogens with one attached hydrogen (secondary N) is 1. The summed E-state index contributed by atoms with van der Waals surface area (Å²) in [6.45, 7) is 3.51. The molecule has 11 heavy (non-hydrogen) atoms. The second-order valence-electron chi connectivity index (χ2n) is 2.33. The third kappa shape index (κ3) is 1.03. The Morgan fingerprint density at radius 1 is 1.00 bits per heavy atom. The van der Waals surface area contributed by atoms with Crippen LogP contribution < -0.4 is 10.7 Å². The van der Waals surface area contributed by atoms with E-state index in [2.05, 4.69) is 4.98 Å². The highest BCUT2D eigenvalue weighted by Crippen LogP contribution is 1.88. The van der Waals surface area contributed by atoms with Crippen molar-refractivity contribution >= 4 is 11.9 Å². The average molecular weight is 149 g/mol. The lowest BCUT2D eigenvalue weighted by Crippen LogP contribution is -2.12. The SMILES string of the molecule is Cc1c(C)c(=C=O)[nH]c1=C=O. The van der Waals surface area contributed by atoms with Crippen LogP contribution in [0.5, 0.6) is 0 Å². The lowest BCUT2D eigenvalue weighted by Gasteiger charge is -1.80. The molecule has 0 aliphatic rings. The van der Waals surface area contributed by atoms with Crippen molar-refractivity contribution in [2.24, 2.45) is 0 Å². The number of H-pyrrole nitrogens is 1. The van der Waals surface area contributed by atoms with Gasteiger partial charge >= 0.3 is 0 Å². The van der Waals surface area contributed by atoms with Crippen LogP contribution in [0.1, 0.15) is 11.1 Å². The predicted octanol–water partition coefficient (Wildman–Crippen LogP) is -1.36. The first-order chi connectivity index (χ1) is 5.20. The van der Waals surface area contributed by atoms with Gasteiger partial charge in [0.15, 0.2) is 11.9 Å². The van der Waals surface area contributed by atoms with E-state index < -0.39 is 0 Å². The van der Waals surface area contributed by atoms with Crippen molar-refractivity contribution in [3.05, 3.63) is 21.8 Å². The minimum absolute atomic E-state index is 0.334. The van der Waals surface area contributed by atoms with Crippen LogP contribution in [0, 0.1) is 13.8 Å². The second kappa shape index (κ2) is 2.59. The predicted molar refractivity (Wildman–Crippen MR) is 39.1 cm³/mol. The van der Waals surface area contributed by atoms with Crippen LogP contribution in [0.2, 0.25) is 0 Å². The molecule has 0 unspecified atom stereocenters. The maximum Gasteiger partial charge on any atom is 0.150 e. The zero-order valence-electron chi connectivity index (χ0n) is 6.32. The Morgan fingerprint density at radius 3 is 1.55 bits per heavy atom. The van der Waals surface area contributed by atoms with Crippen molar-refractivity contribution in [2.75, 3.05) is 0 Å². The minimum atomic E-state index is 0.334. The van der Waals surface area contributed by atoms with Gasteiger partial charge in [-0.05, 0) is 25.0 Å². The number of aromatic nitrogens is 1. The average Bonchev–Trinajstić information content (AvgIpc) is 2.30. The summed E-state index contributed by atoms with van der Waals surface area (Å²) in [4.78, 5) is 23.0. The van der Waals surface area contributed by atoms with Crippen molar-refractivity contribution in [3.63, 3.8) is 0 Å². The van der Waals surface area contributed by atoms with Gasteiger partial charge in [0.25, 0.3) is 0 Å². The van der Waals surface area contributed by atoms with E-state index in [-0.39, 0.29) is 0 Å². The number of hydrogen-bond acceptors (Lipinski definition) is 2. The van der Waals surface area contributed by atoms with E-state index in [1.165, 1.54) is 0 Å². The number of carbonyl (C=O) groups excluding carboxylic acids is 2. The fraction of sp³-hybridized carbons (Fsp3) is 0.250. The molecule has 0 fully saturated rings. The van der Waals surface area contributed by atoms with Crippen molar-refractivity contribution < 1.29 is 9.59 Å². The highest BCUT2D eigenvalue weighted by atomic mass is 16.1. The summed E-state index contributed by atoms with van der Waals surface area (Å²) in [5, 5.41) is 0.668. The van der Waals surface area contributed by atoms with Crippen molar-refractivity contribution in [3.8, 4) is 0 Å². The van der Waals surface area contributed by atoms with E-state index in [9.17, 15) is 9.59 Å². The molecule has 1 N–H and O–H groups in total. The van der Waals surface area contributed by atoms with Gasteiger partial charge in [0.05, 0.1) is 0 Å². The lowest BCUT2D eigenvalue weighted by atomic mass is 10.2. The van der Waals surface area contributed by atoms with Gasteiger partial charge in [-0.1, -0.05) is 0 Å². The van der Waals surface area contributed by atoms with Crippen molar-refractivity contribution in [2.45, 2.75) is 13.8 Å². The molecule has 3 heteroatoms. The van der Waals surface area contributed by atoms with Crippen molar-refractivity contribution in [1.82, 2.24) is 4.98 Å². The van der Waals surface area contributed by atoms with E-state index in [1.54, 1.807) is 25.7 Å². The first-order valence-corrected chi connectivity index (χ1v) is 3.16. The van der Waals surface area contributed by atoms with E-state index in [4.69, 9.17) is 0 Å². The third-order valence-corrected chi connectivity index (χ3v) is 1.77. The fourth-order valence-corrected chi connectivity index (χ4v) is 0.892. The van der Waals surface area contributed by atoms with E-state index in [1.807, 2.05) is 0 Å². The molecule has 0 radical (unpaired) electrons. The molecule has 1 aromatic rings. The van der Waals surface area contributed by atoms with E-state index in [0.29, 0.717) is 10.7 Å². The smallest absolute Gasteiger partial charge is 0.150 e. The molecule has 3 nitrogen and oxygen atoms in total. The summed E-state index contributed by atoms with van der Waals surface area (Å²) >= 11 is 0. The van der Waals surface area contributed by atoms with Gasteiger partial charge in [-0.3, -0.25) is 0 Å². The van der Waals surface area contributed by atoms with Gasteiger partial charge in [-0.2, -0.15) is 0 Å². The minimum Gasteiger partial charge on any atom is -0.337 e. The monoisotopic (exact) mass is 149 g/mol. The molecule has 56 valence electrons. The first-order valence-electron chi connectivity index (χ1n) is 3.16. The molecular formula is C8H7NO2. The zero-order chi connectivity index (χ0) is 8.43. The number of hydrogen-bond donors (Lipinski definition) is 1. The molecular weight excluding hydrogens is 142 g/mol. The van der Waals surface area contributed by atoms with E-state index in [0.717, 1.165) is 11.1 Å². The van der Waals surface area contributed by atoms with Gasteiger partial charge < -0.3 is 4.98 Å². The van der Waals surface area contributed by atoms with Crippen LogP contribution in [0.4, 0.5) is 0 Å². The molecule has 0 amide bonds. The summed E-state index contributed by atoms with van der Waals surface area (Å²) in [5.74, 6) is 3.41. The van der Waals surface area contributed by atoms with Gasteiger partial charge in [0.1, 0.15) is 10.7 Å². The molecule has 0 aliphatic carbocycles. The Morgan fingerprint density at radius 2 is 1.36 bits per heavy atom. The topological polar surface area (TPSA) is 49.9 Å². The molecule has 0 atom stereocenters. The Bertz CT molecular complexity index is 391. The lowest BCUT2D eigenvalue weighted by molar-refractivity contribution is 0.566. The van der Waals surface area contributed by atoms with Crippen LogP contribution in [-0.2, 0) is 9.59 Å². The Kier molecular flexibility index (Phi) is 1.77. The summed E-state index contributed by atoms with van der Waals surface area (Å²) in [6.07, 6.45) is 0. The van der Waals surface area contributed by atoms with Gasteiger partial charge in [-0.15, -0.1) is 0 Å². The molecule has 0 spiro atoms. The summed E-state index contributed by atoms with van der Waals surface area (Å²) in [7, 11) is 0. The summed E-state index contributed by atoms with van der Waals surface area (Å²) < 4.78 is 0. The maximum absolute atomic E-state index is 10.2. The maximum atomic E-state index is 10.2. The Hall–Kier alpha value is -1.56. The fourth-order valence-electron chi connectivity index (χ4n) is 0.892. The standard InChI is InChI=1S/C8H7NO2/c1-5-6(2)8(4-11)9-7(5)3-10/h9H,1-2H3. The molecule has 1 aromatic heterocycles. The molecule has 0 bridgehead atoms. The second-order valence-corrected chi connectivity index (χ2v) is 2.33. The van der Waals surface area contributed by atoms with Crippen LogP contribution >= 0.6 is 0 Å². The van der Waals surface area contributed by atoms with Crippen LogP contribution in [0.15, 0.2) is 0 Å². The normalized spacial score (nSPS) is 8.91. The van der Waals surface area contributed by atoms with Gasteiger partial charge in [-0.25, -0.2) is 9.59 Å².